The van der Waals surface area contributed by atoms with Crippen LogP contribution in [0.25, 0.3) is 10.6 Å². The highest BCUT2D eigenvalue weighted by Gasteiger charge is 2.13. The van der Waals surface area contributed by atoms with E-state index in [0.29, 0.717) is 13.0 Å². The molecule has 0 unspecified atom stereocenters. The molecule has 1 aliphatic heterocycles. The number of benzene rings is 2. The summed E-state index contributed by atoms with van der Waals surface area (Å²) >= 11 is 1.64. The summed E-state index contributed by atoms with van der Waals surface area (Å²) in [7, 11) is 1.67. The molecule has 0 aliphatic carbocycles. The average molecular weight is 379 g/mol. The summed E-state index contributed by atoms with van der Waals surface area (Å²) in [6.07, 6.45) is 2.39. The van der Waals surface area contributed by atoms with E-state index in [2.05, 4.69) is 22.1 Å². The van der Waals surface area contributed by atoms with Crippen molar-refractivity contribution in [1.29, 1.82) is 0 Å². The smallest absolute Gasteiger partial charge is 0.224 e. The molecule has 2 N–H and O–H groups in total. The first-order chi connectivity index (χ1) is 13.2. The Balaban J connectivity index is 1.42. The van der Waals surface area contributed by atoms with E-state index in [1.807, 2.05) is 36.4 Å². The predicted molar refractivity (Wildman–Crippen MR) is 109 cm³/mol. The molecule has 4 rings (SSSR count). The minimum atomic E-state index is 0.1000. The Kier molecular flexibility index (Phi) is 5.07. The van der Waals surface area contributed by atoms with Gasteiger partial charge in [0, 0.05) is 28.7 Å². The highest BCUT2D eigenvalue weighted by molar-refractivity contribution is 7.13. The van der Waals surface area contributed by atoms with Crippen LogP contribution in [-0.2, 0) is 17.8 Å². The van der Waals surface area contributed by atoms with E-state index in [0.717, 1.165) is 46.2 Å². The summed E-state index contributed by atoms with van der Waals surface area (Å²) in [4.78, 5) is 16.4. The standard InChI is InChI=1S/C21H21N3O2S/c1-26-18-8-5-14(6-9-18)21-23-17(13-27-21)12-22-16-7-10-19-15(11-16)3-2-4-20(25)24-19/h5-11,13,22H,2-4,12H2,1H3,(H,24,25). The van der Waals surface area contributed by atoms with Gasteiger partial charge in [0.25, 0.3) is 0 Å². The Labute approximate surface area is 162 Å². The number of carbonyl (C=O) groups excluding carboxylic acids is 1. The van der Waals surface area contributed by atoms with Gasteiger partial charge in [0.1, 0.15) is 10.8 Å². The molecule has 0 radical (unpaired) electrons. The van der Waals surface area contributed by atoms with Gasteiger partial charge in [-0.05, 0) is 60.9 Å². The third kappa shape index (κ3) is 4.11. The number of aromatic nitrogens is 1. The molecular formula is C21H21N3O2S. The largest absolute Gasteiger partial charge is 0.497 e. The monoisotopic (exact) mass is 379 g/mol. The van der Waals surface area contributed by atoms with Gasteiger partial charge in [0.2, 0.25) is 5.91 Å². The van der Waals surface area contributed by atoms with Gasteiger partial charge in [-0.15, -0.1) is 11.3 Å². The van der Waals surface area contributed by atoms with Crippen LogP contribution in [0.1, 0.15) is 24.1 Å². The second-order valence-corrected chi connectivity index (χ2v) is 7.36. The molecule has 0 bridgehead atoms. The van der Waals surface area contributed by atoms with Crippen LogP contribution in [0.2, 0.25) is 0 Å². The number of anilines is 2. The Bertz CT molecular complexity index is 950. The maximum atomic E-state index is 11.7. The van der Waals surface area contributed by atoms with Gasteiger partial charge in [0.05, 0.1) is 19.3 Å². The molecule has 0 saturated heterocycles. The molecule has 0 fully saturated rings. The van der Waals surface area contributed by atoms with Crippen LogP contribution in [0.15, 0.2) is 47.8 Å². The maximum absolute atomic E-state index is 11.7. The lowest BCUT2D eigenvalue weighted by Gasteiger charge is -2.10. The highest BCUT2D eigenvalue weighted by atomic mass is 32.1. The lowest BCUT2D eigenvalue weighted by molar-refractivity contribution is -0.116. The topological polar surface area (TPSA) is 63.2 Å². The minimum Gasteiger partial charge on any atom is -0.497 e. The summed E-state index contributed by atoms with van der Waals surface area (Å²) < 4.78 is 5.20. The fraction of sp³-hybridized carbons (Fsp3) is 0.238. The molecule has 5 nitrogen and oxygen atoms in total. The fourth-order valence-electron chi connectivity index (χ4n) is 3.13. The number of amides is 1. The lowest BCUT2D eigenvalue weighted by Crippen LogP contribution is -2.09. The Morgan fingerprint density at radius 2 is 2.04 bits per heavy atom. The van der Waals surface area contributed by atoms with Crippen molar-refractivity contribution in [3.63, 3.8) is 0 Å². The lowest BCUT2D eigenvalue weighted by atomic mass is 10.1. The summed E-state index contributed by atoms with van der Waals surface area (Å²) in [6, 6.07) is 14.0. The number of hydrogen-bond acceptors (Lipinski definition) is 5. The van der Waals surface area contributed by atoms with Gasteiger partial charge in [-0.3, -0.25) is 4.79 Å². The Hall–Kier alpha value is -2.86. The van der Waals surface area contributed by atoms with Crippen LogP contribution in [0.3, 0.4) is 0 Å². The quantitative estimate of drug-likeness (QED) is 0.674. The van der Waals surface area contributed by atoms with Gasteiger partial charge in [0.15, 0.2) is 0 Å². The van der Waals surface area contributed by atoms with Crippen molar-refractivity contribution < 1.29 is 9.53 Å². The van der Waals surface area contributed by atoms with Crippen LogP contribution in [-0.4, -0.2) is 18.0 Å². The molecule has 0 atom stereocenters. The van der Waals surface area contributed by atoms with E-state index in [1.54, 1.807) is 18.4 Å². The first kappa shape index (κ1) is 17.5. The van der Waals surface area contributed by atoms with Crippen molar-refractivity contribution in [2.45, 2.75) is 25.8 Å². The van der Waals surface area contributed by atoms with Crippen molar-refractivity contribution >= 4 is 28.6 Å². The second-order valence-electron chi connectivity index (χ2n) is 6.50. The van der Waals surface area contributed by atoms with E-state index in [4.69, 9.17) is 9.72 Å². The zero-order chi connectivity index (χ0) is 18.6. The number of methoxy groups -OCH3 is 1. The number of fused-ring (bicyclic) bond motifs is 1. The fourth-order valence-corrected chi connectivity index (χ4v) is 3.96. The summed E-state index contributed by atoms with van der Waals surface area (Å²) in [6.45, 7) is 0.664. The van der Waals surface area contributed by atoms with Crippen molar-refractivity contribution in [2.24, 2.45) is 0 Å². The summed E-state index contributed by atoms with van der Waals surface area (Å²) in [5, 5.41) is 9.48. The van der Waals surface area contributed by atoms with Crippen molar-refractivity contribution in [1.82, 2.24) is 4.98 Å². The molecule has 1 aliphatic rings. The molecule has 1 amide bonds. The highest BCUT2D eigenvalue weighted by Crippen LogP contribution is 2.27. The first-order valence-electron chi connectivity index (χ1n) is 8.97. The zero-order valence-corrected chi connectivity index (χ0v) is 15.9. The van der Waals surface area contributed by atoms with Gasteiger partial charge in [-0.25, -0.2) is 4.98 Å². The van der Waals surface area contributed by atoms with E-state index in [-0.39, 0.29) is 5.91 Å². The third-order valence-corrected chi connectivity index (χ3v) is 5.53. The number of aryl methyl sites for hydroxylation is 1. The number of thiazole rings is 1. The van der Waals surface area contributed by atoms with Crippen LogP contribution in [0.4, 0.5) is 11.4 Å². The molecule has 0 saturated carbocycles. The molecule has 6 heteroatoms. The van der Waals surface area contributed by atoms with Gasteiger partial charge in [-0.1, -0.05) is 0 Å². The van der Waals surface area contributed by atoms with Crippen molar-refractivity contribution in [3.8, 4) is 16.3 Å². The third-order valence-electron chi connectivity index (χ3n) is 4.59. The van der Waals surface area contributed by atoms with Crippen LogP contribution >= 0.6 is 11.3 Å². The molecule has 2 aromatic carbocycles. The van der Waals surface area contributed by atoms with Crippen LogP contribution in [0.5, 0.6) is 5.75 Å². The normalized spacial score (nSPS) is 13.4. The summed E-state index contributed by atoms with van der Waals surface area (Å²) in [5.41, 5.74) is 5.26. The molecule has 2 heterocycles. The summed E-state index contributed by atoms with van der Waals surface area (Å²) in [5.74, 6) is 0.944. The Morgan fingerprint density at radius 1 is 1.19 bits per heavy atom. The van der Waals surface area contributed by atoms with Crippen LogP contribution < -0.4 is 15.4 Å². The second kappa shape index (κ2) is 7.80. The van der Waals surface area contributed by atoms with Gasteiger partial charge >= 0.3 is 0 Å². The molecule has 3 aromatic rings. The number of hydrogen-bond donors (Lipinski definition) is 2. The van der Waals surface area contributed by atoms with E-state index in [9.17, 15) is 4.79 Å². The van der Waals surface area contributed by atoms with Gasteiger partial charge < -0.3 is 15.4 Å². The Morgan fingerprint density at radius 3 is 2.85 bits per heavy atom. The predicted octanol–water partition coefficient (Wildman–Crippen LogP) is 4.71. The number of nitrogens with zero attached hydrogens (tertiary/aromatic N) is 1. The number of rotatable bonds is 5. The van der Waals surface area contributed by atoms with E-state index >= 15 is 0 Å². The zero-order valence-electron chi connectivity index (χ0n) is 15.1. The average Bonchev–Trinajstić information content (AvgIpc) is 3.09. The van der Waals surface area contributed by atoms with Crippen LogP contribution in [0, 0.1) is 0 Å². The van der Waals surface area contributed by atoms with E-state index < -0.39 is 0 Å². The molecule has 1 aromatic heterocycles. The molecule has 27 heavy (non-hydrogen) atoms. The van der Waals surface area contributed by atoms with Gasteiger partial charge in [-0.2, -0.15) is 0 Å². The van der Waals surface area contributed by atoms with Crippen molar-refractivity contribution in [3.05, 3.63) is 59.1 Å². The molecular weight excluding hydrogens is 358 g/mol. The molecule has 0 spiro atoms. The molecule has 138 valence electrons. The number of carbonyl (C=O) groups is 1. The van der Waals surface area contributed by atoms with Crippen molar-refractivity contribution in [2.75, 3.05) is 17.7 Å². The SMILES string of the molecule is COc1ccc(-c2nc(CNc3ccc4c(c3)CCCC(=O)N4)cs2)cc1. The number of nitrogens with one attached hydrogen (secondary N) is 2. The number of ether oxygens (including phenoxy) is 1. The maximum Gasteiger partial charge on any atom is 0.224 e. The van der Waals surface area contributed by atoms with E-state index in [1.165, 1.54) is 5.56 Å². The first-order valence-corrected chi connectivity index (χ1v) is 9.85. The minimum absolute atomic E-state index is 0.1000.